The summed E-state index contributed by atoms with van der Waals surface area (Å²) in [5.74, 6) is 0.0751. The summed E-state index contributed by atoms with van der Waals surface area (Å²) in [4.78, 5) is 14.9. The SMILES string of the molecule is O=C1Nc2cccc(Br)c2C1NC1CCN2CCCCC12. The van der Waals surface area contributed by atoms with Gasteiger partial charge >= 0.3 is 0 Å². The van der Waals surface area contributed by atoms with Crippen molar-refractivity contribution in [3.8, 4) is 0 Å². The van der Waals surface area contributed by atoms with Crippen molar-refractivity contribution in [2.24, 2.45) is 0 Å². The second kappa shape index (κ2) is 5.38. The Bertz CT molecular complexity index is 577. The van der Waals surface area contributed by atoms with Gasteiger partial charge in [0.05, 0.1) is 0 Å². The summed E-state index contributed by atoms with van der Waals surface area (Å²) in [5, 5.41) is 6.63. The minimum Gasteiger partial charge on any atom is -0.324 e. The number of nitrogens with one attached hydrogen (secondary N) is 2. The molecule has 3 aliphatic heterocycles. The number of nitrogens with zero attached hydrogens (tertiary/aromatic N) is 1. The number of benzene rings is 1. The van der Waals surface area contributed by atoms with E-state index in [1.54, 1.807) is 0 Å². The Balaban J connectivity index is 1.57. The molecule has 2 fully saturated rings. The minimum absolute atomic E-state index is 0.0751. The van der Waals surface area contributed by atoms with Crippen LogP contribution in [0.3, 0.4) is 0 Å². The van der Waals surface area contributed by atoms with Gasteiger partial charge in [0.15, 0.2) is 0 Å². The van der Waals surface area contributed by atoms with E-state index in [0.717, 1.165) is 22.1 Å². The van der Waals surface area contributed by atoms with Crippen molar-refractivity contribution in [1.29, 1.82) is 0 Å². The number of rotatable bonds is 2. The van der Waals surface area contributed by atoms with Crippen LogP contribution < -0.4 is 10.6 Å². The zero-order valence-electron chi connectivity index (χ0n) is 11.9. The van der Waals surface area contributed by atoms with Gasteiger partial charge in [0.25, 0.3) is 0 Å². The van der Waals surface area contributed by atoms with Crippen molar-refractivity contribution in [2.75, 3.05) is 18.4 Å². The van der Waals surface area contributed by atoms with E-state index in [0.29, 0.717) is 12.1 Å². The Morgan fingerprint density at radius 3 is 3.05 bits per heavy atom. The smallest absolute Gasteiger partial charge is 0.246 e. The van der Waals surface area contributed by atoms with Crippen LogP contribution in [0, 0.1) is 0 Å². The molecular formula is C16H20BrN3O. The summed E-state index contributed by atoms with van der Waals surface area (Å²) in [6.07, 6.45) is 5.04. The summed E-state index contributed by atoms with van der Waals surface area (Å²) < 4.78 is 1.01. The van der Waals surface area contributed by atoms with Crippen molar-refractivity contribution >= 4 is 27.5 Å². The average molecular weight is 350 g/mol. The topological polar surface area (TPSA) is 44.4 Å². The molecule has 5 heteroatoms. The Morgan fingerprint density at radius 2 is 2.14 bits per heavy atom. The molecule has 0 saturated carbocycles. The fourth-order valence-electron chi connectivity index (χ4n) is 4.09. The Labute approximate surface area is 133 Å². The van der Waals surface area contributed by atoms with Crippen LogP contribution in [0.25, 0.3) is 0 Å². The zero-order valence-corrected chi connectivity index (χ0v) is 13.5. The molecule has 1 aromatic carbocycles. The molecule has 1 aromatic rings. The fraction of sp³-hybridized carbons (Fsp3) is 0.562. The minimum atomic E-state index is -0.220. The molecule has 0 spiro atoms. The molecule has 112 valence electrons. The molecule has 2 N–H and O–H groups in total. The molecule has 0 aliphatic carbocycles. The Hall–Kier alpha value is -0.910. The number of carbonyl (C=O) groups excluding carboxylic acids is 1. The highest BCUT2D eigenvalue weighted by molar-refractivity contribution is 9.10. The van der Waals surface area contributed by atoms with E-state index in [1.165, 1.54) is 32.4 Å². The van der Waals surface area contributed by atoms with Crippen LogP contribution in [0.5, 0.6) is 0 Å². The summed E-state index contributed by atoms with van der Waals surface area (Å²) in [6.45, 7) is 2.39. The maximum atomic E-state index is 12.3. The van der Waals surface area contributed by atoms with Crippen LogP contribution in [0.1, 0.15) is 37.3 Å². The monoisotopic (exact) mass is 349 g/mol. The standard InChI is InChI=1S/C16H20BrN3O/c17-10-4-3-5-12-14(10)15(16(21)19-12)18-11-7-9-20-8-2-1-6-13(11)20/h3-5,11,13,15,18H,1-2,6-9H2,(H,19,21). The molecule has 0 aromatic heterocycles. The molecular weight excluding hydrogens is 330 g/mol. The van der Waals surface area contributed by atoms with Crippen LogP contribution in [0.2, 0.25) is 0 Å². The van der Waals surface area contributed by atoms with E-state index in [4.69, 9.17) is 0 Å². The quantitative estimate of drug-likeness (QED) is 0.862. The second-order valence-corrected chi connectivity index (χ2v) is 7.14. The van der Waals surface area contributed by atoms with Gasteiger partial charge in [0, 0.05) is 34.4 Å². The van der Waals surface area contributed by atoms with E-state index >= 15 is 0 Å². The Kier molecular flexibility index (Phi) is 3.52. The van der Waals surface area contributed by atoms with Crippen LogP contribution in [-0.2, 0) is 4.79 Å². The largest absolute Gasteiger partial charge is 0.324 e. The van der Waals surface area contributed by atoms with Gasteiger partial charge in [-0.05, 0) is 37.9 Å². The maximum absolute atomic E-state index is 12.3. The molecule has 0 bridgehead atoms. The molecule has 4 rings (SSSR count). The fourth-order valence-corrected chi connectivity index (χ4v) is 4.69. The number of piperidine rings is 1. The molecule has 21 heavy (non-hydrogen) atoms. The highest BCUT2D eigenvalue weighted by atomic mass is 79.9. The first-order chi connectivity index (χ1) is 10.2. The Morgan fingerprint density at radius 1 is 1.24 bits per heavy atom. The predicted octanol–water partition coefficient (Wildman–Crippen LogP) is 2.66. The lowest BCUT2D eigenvalue weighted by Crippen LogP contribution is -2.47. The van der Waals surface area contributed by atoms with Crippen molar-refractivity contribution in [2.45, 2.75) is 43.8 Å². The van der Waals surface area contributed by atoms with Gasteiger partial charge in [0.2, 0.25) is 5.91 Å². The molecule has 4 nitrogen and oxygen atoms in total. The number of amides is 1. The van der Waals surface area contributed by atoms with Crippen LogP contribution in [0.15, 0.2) is 22.7 Å². The van der Waals surface area contributed by atoms with Crippen LogP contribution in [0.4, 0.5) is 5.69 Å². The van der Waals surface area contributed by atoms with Crippen molar-refractivity contribution in [3.05, 3.63) is 28.2 Å². The zero-order chi connectivity index (χ0) is 14.4. The highest BCUT2D eigenvalue weighted by Gasteiger charge is 2.40. The van der Waals surface area contributed by atoms with Gasteiger partial charge in [0.1, 0.15) is 6.04 Å². The maximum Gasteiger partial charge on any atom is 0.246 e. The van der Waals surface area contributed by atoms with E-state index in [-0.39, 0.29) is 11.9 Å². The second-order valence-electron chi connectivity index (χ2n) is 6.28. The molecule has 3 aliphatic rings. The first-order valence-electron chi connectivity index (χ1n) is 7.83. The summed E-state index contributed by atoms with van der Waals surface area (Å²) >= 11 is 3.59. The van der Waals surface area contributed by atoms with Gasteiger partial charge in [-0.15, -0.1) is 0 Å². The lowest BCUT2D eigenvalue weighted by Gasteiger charge is -2.33. The van der Waals surface area contributed by atoms with Crippen molar-refractivity contribution < 1.29 is 4.79 Å². The van der Waals surface area contributed by atoms with Crippen LogP contribution >= 0.6 is 15.9 Å². The third-order valence-corrected chi connectivity index (χ3v) is 5.79. The lowest BCUT2D eigenvalue weighted by atomic mass is 9.97. The molecule has 0 radical (unpaired) electrons. The molecule has 3 unspecified atom stereocenters. The first kappa shape index (κ1) is 13.7. The molecule has 1 amide bonds. The van der Waals surface area contributed by atoms with Gasteiger partial charge in [-0.3, -0.25) is 15.0 Å². The molecule has 2 saturated heterocycles. The predicted molar refractivity (Wildman–Crippen MR) is 86.3 cm³/mol. The van der Waals surface area contributed by atoms with E-state index in [1.807, 2.05) is 18.2 Å². The number of hydrogen-bond donors (Lipinski definition) is 2. The highest BCUT2D eigenvalue weighted by Crippen LogP contribution is 2.38. The third-order valence-electron chi connectivity index (χ3n) is 5.10. The van der Waals surface area contributed by atoms with Crippen LogP contribution in [-0.4, -0.2) is 36.0 Å². The number of halogens is 1. The summed E-state index contributed by atoms with van der Waals surface area (Å²) in [5.41, 5.74) is 2.00. The number of fused-ring (bicyclic) bond motifs is 2. The van der Waals surface area contributed by atoms with Gasteiger partial charge < -0.3 is 5.32 Å². The number of hydrogen-bond acceptors (Lipinski definition) is 3. The number of carbonyl (C=O) groups is 1. The lowest BCUT2D eigenvalue weighted by molar-refractivity contribution is -0.117. The summed E-state index contributed by atoms with van der Waals surface area (Å²) in [6, 6.07) is 6.76. The van der Waals surface area contributed by atoms with Gasteiger partial charge in [-0.1, -0.05) is 28.4 Å². The summed E-state index contributed by atoms with van der Waals surface area (Å²) in [7, 11) is 0. The first-order valence-corrected chi connectivity index (χ1v) is 8.63. The van der Waals surface area contributed by atoms with Crippen molar-refractivity contribution in [1.82, 2.24) is 10.2 Å². The van der Waals surface area contributed by atoms with E-state index in [2.05, 4.69) is 31.5 Å². The van der Waals surface area contributed by atoms with Crippen molar-refractivity contribution in [3.63, 3.8) is 0 Å². The van der Waals surface area contributed by atoms with E-state index < -0.39 is 0 Å². The molecule has 3 heterocycles. The average Bonchev–Trinajstić information content (AvgIpc) is 3.03. The third kappa shape index (κ3) is 2.31. The normalized spacial score (nSPS) is 31.9. The molecule has 3 atom stereocenters. The van der Waals surface area contributed by atoms with E-state index in [9.17, 15) is 4.79 Å². The van der Waals surface area contributed by atoms with Gasteiger partial charge in [-0.25, -0.2) is 0 Å². The number of anilines is 1. The van der Waals surface area contributed by atoms with Gasteiger partial charge in [-0.2, -0.15) is 0 Å².